The van der Waals surface area contributed by atoms with Gasteiger partial charge in [-0.2, -0.15) is 0 Å². The predicted octanol–water partition coefficient (Wildman–Crippen LogP) is 4.89. The van der Waals surface area contributed by atoms with Crippen LogP contribution in [-0.2, 0) is 11.2 Å². The van der Waals surface area contributed by atoms with Crippen molar-refractivity contribution in [3.8, 4) is 0 Å². The van der Waals surface area contributed by atoms with Gasteiger partial charge in [-0.25, -0.2) is 0 Å². The molecule has 21 heavy (non-hydrogen) atoms. The Bertz CT molecular complexity index is 448. The minimum Gasteiger partial charge on any atom is -0.384 e. The van der Waals surface area contributed by atoms with Crippen molar-refractivity contribution < 1.29 is 4.74 Å². The first-order valence-electron chi connectivity index (χ1n) is 8.15. The molecule has 2 nitrogen and oxygen atoms in total. The molecule has 1 aromatic carbocycles. The highest BCUT2D eigenvalue weighted by molar-refractivity contribution is 5.52. The Kier molecular flexibility index (Phi) is 4.98. The third-order valence-corrected chi connectivity index (χ3v) is 4.51. The van der Waals surface area contributed by atoms with E-state index in [-0.39, 0.29) is 0 Å². The number of rotatable bonds is 5. The van der Waals surface area contributed by atoms with Gasteiger partial charge in [-0.15, -0.1) is 0 Å². The van der Waals surface area contributed by atoms with Gasteiger partial charge in [0.05, 0.1) is 6.61 Å². The zero-order valence-corrected chi connectivity index (χ0v) is 14.3. The Morgan fingerprint density at radius 2 is 1.71 bits per heavy atom. The minimum absolute atomic E-state index is 0.418. The van der Waals surface area contributed by atoms with E-state index in [1.165, 1.54) is 30.5 Å². The summed E-state index contributed by atoms with van der Waals surface area (Å²) in [6.45, 7) is 10.4. The van der Waals surface area contributed by atoms with E-state index >= 15 is 0 Å². The first-order chi connectivity index (χ1) is 9.81. The van der Waals surface area contributed by atoms with E-state index in [2.05, 4.69) is 57.3 Å². The van der Waals surface area contributed by atoms with Crippen molar-refractivity contribution in [1.29, 1.82) is 0 Å². The molecule has 0 bridgehead atoms. The van der Waals surface area contributed by atoms with Crippen LogP contribution in [0.2, 0.25) is 0 Å². The number of para-hydroxylation sites is 1. The van der Waals surface area contributed by atoms with Crippen molar-refractivity contribution in [2.45, 2.75) is 59.4 Å². The highest BCUT2D eigenvalue weighted by Gasteiger charge is 2.38. The van der Waals surface area contributed by atoms with Gasteiger partial charge >= 0.3 is 0 Å². The first-order valence-corrected chi connectivity index (χ1v) is 8.15. The van der Waals surface area contributed by atoms with Gasteiger partial charge < -0.3 is 10.1 Å². The zero-order valence-electron chi connectivity index (χ0n) is 14.3. The predicted molar refractivity (Wildman–Crippen MR) is 90.8 cm³/mol. The van der Waals surface area contributed by atoms with Crippen molar-refractivity contribution >= 4 is 5.69 Å². The summed E-state index contributed by atoms with van der Waals surface area (Å²) in [6, 6.07) is 9.22. The van der Waals surface area contributed by atoms with Crippen molar-refractivity contribution in [2.24, 2.45) is 10.8 Å². The second-order valence-electron chi connectivity index (χ2n) is 8.15. The van der Waals surface area contributed by atoms with Crippen molar-refractivity contribution in [2.75, 3.05) is 19.0 Å². The van der Waals surface area contributed by atoms with Gasteiger partial charge in [-0.05, 0) is 48.1 Å². The number of ether oxygens (including phenoxy) is 1. The van der Waals surface area contributed by atoms with E-state index in [1.54, 1.807) is 7.11 Å². The minimum atomic E-state index is 0.418. The summed E-state index contributed by atoms with van der Waals surface area (Å²) in [5.74, 6) is 0. The number of anilines is 1. The molecule has 1 aromatic rings. The molecular weight excluding hydrogens is 258 g/mol. The Labute approximate surface area is 130 Å². The van der Waals surface area contributed by atoms with E-state index in [0.717, 1.165) is 13.0 Å². The number of hydrogen-bond donors (Lipinski definition) is 1. The second kappa shape index (κ2) is 6.39. The third-order valence-electron chi connectivity index (χ3n) is 4.51. The van der Waals surface area contributed by atoms with Gasteiger partial charge in [0.15, 0.2) is 0 Å². The van der Waals surface area contributed by atoms with Gasteiger partial charge in [0, 0.05) is 18.8 Å². The van der Waals surface area contributed by atoms with Crippen LogP contribution in [0.5, 0.6) is 0 Å². The number of nitrogens with one attached hydrogen (secondary N) is 1. The average Bonchev–Trinajstić information content (AvgIpc) is 2.34. The molecule has 1 aliphatic carbocycles. The lowest BCUT2D eigenvalue weighted by Crippen LogP contribution is -2.40. The van der Waals surface area contributed by atoms with Gasteiger partial charge in [-0.1, -0.05) is 45.9 Å². The van der Waals surface area contributed by atoms with Crippen LogP contribution in [0, 0.1) is 10.8 Å². The maximum Gasteiger partial charge on any atom is 0.0503 e. The molecule has 2 heteroatoms. The molecule has 0 heterocycles. The maximum absolute atomic E-state index is 5.23. The molecule has 1 saturated carbocycles. The van der Waals surface area contributed by atoms with Crippen LogP contribution in [0.25, 0.3) is 0 Å². The highest BCUT2D eigenvalue weighted by atomic mass is 16.5. The van der Waals surface area contributed by atoms with Gasteiger partial charge in [0.2, 0.25) is 0 Å². The summed E-state index contributed by atoms with van der Waals surface area (Å²) in [7, 11) is 1.77. The molecule has 0 atom stereocenters. The summed E-state index contributed by atoms with van der Waals surface area (Å²) in [4.78, 5) is 0. The fourth-order valence-corrected chi connectivity index (χ4v) is 4.26. The SMILES string of the molecule is COCCc1ccccc1NC1CC(C)(C)CC(C)(C)C1. The van der Waals surface area contributed by atoms with E-state index in [4.69, 9.17) is 4.74 Å². The first kappa shape index (κ1) is 16.4. The van der Waals surface area contributed by atoms with Crippen LogP contribution in [0.1, 0.15) is 52.5 Å². The lowest BCUT2D eigenvalue weighted by molar-refractivity contribution is 0.105. The van der Waals surface area contributed by atoms with Crippen molar-refractivity contribution in [3.63, 3.8) is 0 Å². The van der Waals surface area contributed by atoms with Gasteiger partial charge in [0.25, 0.3) is 0 Å². The summed E-state index contributed by atoms with van der Waals surface area (Å²) in [6.07, 6.45) is 4.77. The fourth-order valence-electron chi connectivity index (χ4n) is 4.26. The molecule has 2 rings (SSSR count). The molecule has 1 aliphatic rings. The number of benzene rings is 1. The summed E-state index contributed by atoms with van der Waals surface area (Å²) >= 11 is 0. The highest BCUT2D eigenvalue weighted by Crippen LogP contribution is 2.46. The standard InChI is InChI=1S/C19H31NO/c1-18(2)12-16(13-19(3,4)14-18)20-17-9-7-6-8-15(17)10-11-21-5/h6-9,16,20H,10-14H2,1-5H3. The van der Waals surface area contributed by atoms with Crippen LogP contribution in [0.4, 0.5) is 5.69 Å². The van der Waals surface area contributed by atoms with E-state index in [1.807, 2.05) is 0 Å². The van der Waals surface area contributed by atoms with E-state index in [0.29, 0.717) is 16.9 Å². The second-order valence-corrected chi connectivity index (χ2v) is 8.15. The molecule has 0 spiro atoms. The van der Waals surface area contributed by atoms with Gasteiger partial charge in [-0.3, -0.25) is 0 Å². The van der Waals surface area contributed by atoms with Crippen LogP contribution >= 0.6 is 0 Å². The largest absolute Gasteiger partial charge is 0.384 e. The van der Waals surface area contributed by atoms with E-state index in [9.17, 15) is 0 Å². The molecular formula is C19H31NO. The Balaban J connectivity index is 2.10. The molecule has 0 aliphatic heterocycles. The van der Waals surface area contributed by atoms with Crippen LogP contribution in [-0.4, -0.2) is 19.8 Å². The van der Waals surface area contributed by atoms with E-state index < -0.39 is 0 Å². The Morgan fingerprint density at radius 1 is 1.10 bits per heavy atom. The third kappa shape index (κ3) is 4.74. The maximum atomic E-state index is 5.23. The summed E-state index contributed by atoms with van der Waals surface area (Å²) in [5, 5.41) is 3.81. The lowest BCUT2D eigenvalue weighted by atomic mass is 9.63. The van der Waals surface area contributed by atoms with Crippen LogP contribution < -0.4 is 5.32 Å². The Morgan fingerprint density at radius 3 is 2.33 bits per heavy atom. The topological polar surface area (TPSA) is 21.3 Å². The summed E-state index contributed by atoms with van der Waals surface area (Å²) in [5.41, 5.74) is 3.48. The fraction of sp³-hybridized carbons (Fsp3) is 0.684. The molecule has 0 unspecified atom stereocenters. The molecule has 0 amide bonds. The number of methoxy groups -OCH3 is 1. The average molecular weight is 289 g/mol. The van der Waals surface area contributed by atoms with Crippen LogP contribution in [0.15, 0.2) is 24.3 Å². The van der Waals surface area contributed by atoms with Gasteiger partial charge in [0.1, 0.15) is 0 Å². The molecule has 1 fully saturated rings. The summed E-state index contributed by atoms with van der Waals surface area (Å²) < 4.78 is 5.23. The molecule has 1 N–H and O–H groups in total. The number of hydrogen-bond acceptors (Lipinski definition) is 2. The molecule has 0 aromatic heterocycles. The molecule has 0 saturated heterocycles. The quantitative estimate of drug-likeness (QED) is 0.833. The monoisotopic (exact) mass is 289 g/mol. The molecule has 0 radical (unpaired) electrons. The smallest absolute Gasteiger partial charge is 0.0503 e. The molecule has 118 valence electrons. The van der Waals surface area contributed by atoms with Crippen LogP contribution in [0.3, 0.4) is 0 Å². The Hall–Kier alpha value is -1.02. The van der Waals surface area contributed by atoms with Crippen molar-refractivity contribution in [1.82, 2.24) is 0 Å². The lowest BCUT2D eigenvalue weighted by Gasteiger charge is -2.45. The zero-order chi connectivity index (χ0) is 15.5. The normalized spacial score (nSPS) is 21.2. The van der Waals surface area contributed by atoms with Crippen molar-refractivity contribution in [3.05, 3.63) is 29.8 Å².